The van der Waals surface area contributed by atoms with E-state index in [1.807, 2.05) is 0 Å². The van der Waals surface area contributed by atoms with Crippen molar-refractivity contribution in [3.05, 3.63) is 29.3 Å². The van der Waals surface area contributed by atoms with E-state index in [2.05, 4.69) is 4.74 Å². The van der Waals surface area contributed by atoms with Gasteiger partial charge in [-0.2, -0.15) is 0 Å². The highest BCUT2D eigenvalue weighted by Crippen LogP contribution is 2.27. The van der Waals surface area contributed by atoms with Crippen LogP contribution in [0.15, 0.2) is 18.2 Å². The fraction of sp³-hybridized carbons (Fsp3) is 0.167. The fourth-order valence-electron chi connectivity index (χ4n) is 1.75. The van der Waals surface area contributed by atoms with Gasteiger partial charge in [-0.3, -0.25) is 19.2 Å². The Kier molecular flexibility index (Phi) is 2.93. The maximum absolute atomic E-state index is 11.8. The van der Waals surface area contributed by atoms with Crippen molar-refractivity contribution in [1.29, 1.82) is 0 Å². The Labute approximate surface area is 101 Å². The van der Waals surface area contributed by atoms with Gasteiger partial charge in [-0.05, 0) is 18.2 Å². The van der Waals surface area contributed by atoms with Crippen LogP contribution in [0.3, 0.4) is 0 Å². The van der Waals surface area contributed by atoms with E-state index in [1.54, 1.807) is 0 Å². The molecule has 1 aliphatic carbocycles. The molecule has 1 aromatic rings. The van der Waals surface area contributed by atoms with Gasteiger partial charge in [-0.15, -0.1) is 0 Å². The Morgan fingerprint density at radius 3 is 2.50 bits per heavy atom. The Bertz CT molecular complexity index is 560. The van der Waals surface area contributed by atoms with Crippen molar-refractivity contribution < 1.29 is 28.7 Å². The molecule has 1 unspecified atom stereocenters. The van der Waals surface area contributed by atoms with Crippen LogP contribution in [-0.4, -0.2) is 30.1 Å². The van der Waals surface area contributed by atoms with E-state index in [0.717, 1.165) is 0 Å². The maximum Gasteiger partial charge on any atom is 0.308 e. The first-order valence-corrected chi connectivity index (χ1v) is 5.04. The van der Waals surface area contributed by atoms with Crippen molar-refractivity contribution in [2.45, 2.75) is 13.0 Å². The van der Waals surface area contributed by atoms with E-state index in [4.69, 9.17) is 4.74 Å². The zero-order valence-corrected chi connectivity index (χ0v) is 9.34. The second-order valence-electron chi connectivity index (χ2n) is 3.64. The molecule has 1 aliphatic rings. The van der Waals surface area contributed by atoms with Gasteiger partial charge in [0.1, 0.15) is 5.75 Å². The van der Waals surface area contributed by atoms with Crippen LogP contribution in [0, 0.1) is 0 Å². The Hall–Kier alpha value is -2.50. The molecule has 0 saturated carbocycles. The molecule has 0 bridgehead atoms. The zero-order valence-electron chi connectivity index (χ0n) is 9.34. The number of esters is 1. The molecular formula is C12H8O6. The summed E-state index contributed by atoms with van der Waals surface area (Å²) in [4.78, 5) is 44.5. The molecule has 0 amide bonds. The minimum absolute atomic E-state index is 0.0549. The van der Waals surface area contributed by atoms with Gasteiger partial charge in [0.15, 0.2) is 0 Å². The van der Waals surface area contributed by atoms with Gasteiger partial charge >= 0.3 is 5.97 Å². The summed E-state index contributed by atoms with van der Waals surface area (Å²) in [6.07, 6.45) is -1.43. The zero-order chi connectivity index (χ0) is 13.3. The largest absolute Gasteiger partial charge is 0.448 e. The first-order valence-electron chi connectivity index (χ1n) is 5.04. The van der Waals surface area contributed by atoms with Crippen molar-refractivity contribution in [1.82, 2.24) is 0 Å². The second kappa shape index (κ2) is 4.40. The third kappa shape index (κ3) is 1.88. The third-order valence-corrected chi connectivity index (χ3v) is 2.45. The number of fused-ring (bicyclic) bond motifs is 1. The van der Waals surface area contributed by atoms with Gasteiger partial charge < -0.3 is 9.47 Å². The van der Waals surface area contributed by atoms with Crippen LogP contribution in [0.1, 0.15) is 27.6 Å². The molecule has 6 nitrogen and oxygen atoms in total. The van der Waals surface area contributed by atoms with Crippen molar-refractivity contribution in [2.24, 2.45) is 0 Å². The van der Waals surface area contributed by atoms with Crippen LogP contribution in [0.25, 0.3) is 0 Å². The highest BCUT2D eigenvalue weighted by molar-refractivity contribution is 6.29. The number of hydrogen-bond donors (Lipinski definition) is 0. The predicted octanol–water partition coefficient (Wildman–Crippen LogP) is 0.532. The summed E-state index contributed by atoms with van der Waals surface area (Å²) in [6.45, 7) is 1.28. The Balaban J connectivity index is 2.39. The average Bonchev–Trinajstić information content (AvgIpc) is 2.54. The van der Waals surface area contributed by atoms with Gasteiger partial charge in [0, 0.05) is 18.1 Å². The van der Waals surface area contributed by atoms with Gasteiger partial charge in [0.25, 0.3) is 6.47 Å². The van der Waals surface area contributed by atoms with Gasteiger partial charge in [-0.25, -0.2) is 0 Å². The molecule has 0 fully saturated rings. The van der Waals surface area contributed by atoms with Crippen molar-refractivity contribution in [2.75, 3.05) is 0 Å². The van der Waals surface area contributed by atoms with E-state index in [-0.39, 0.29) is 23.3 Å². The summed E-state index contributed by atoms with van der Waals surface area (Å²) in [7, 11) is 0. The quantitative estimate of drug-likeness (QED) is 0.335. The SMILES string of the molecule is CC(=O)Oc1ccc2c(c1)C(=O)C(OC=O)C2=O. The summed E-state index contributed by atoms with van der Waals surface area (Å²) in [5.41, 5.74) is 0.244. The lowest BCUT2D eigenvalue weighted by atomic mass is 10.1. The Morgan fingerprint density at radius 2 is 1.89 bits per heavy atom. The number of ketones is 2. The van der Waals surface area contributed by atoms with Crippen molar-refractivity contribution in [3.63, 3.8) is 0 Å². The molecule has 1 atom stereocenters. The summed E-state index contributed by atoms with van der Waals surface area (Å²) in [5, 5.41) is 0. The van der Waals surface area contributed by atoms with E-state index in [9.17, 15) is 19.2 Å². The summed E-state index contributed by atoms with van der Waals surface area (Å²) in [5.74, 6) is -1.56. The van der Waals surface area contributed by atoms with Crippen molar-refractivity contribution >= 4 is 24.0 Å². The minimum atomic E-state index is -1.43. The molecule has 0 aromatic heterocycles. The van der Waals surface area contributed by atoms with Crippen LogP contribution in [0.5, 0.6) is 5.75 Å². The standard InChI is InChI=1S/C12H8O6/c1-6(14)18-7-2-3-8-9(4-7)11(16)12(10(8)15)17-5-13/h2-5,12H,1H3. The van der Waals surface area contributed by atoms with E-state index < -0.39 is 23.6 Å². The first-order chi connectivity index (χ1) is 8.54. The Morgan fingerprint density at radius 1 is 1.22 bits per heavy atom. The lowest BCUT2D eigenvalue weighted by molar-refractivity contribution is -0.132. The number of benzene rings is 1. The van der Waals surface area contributed by atoms with E-state index in [0.29, 0.717) is 0 Å². The van der Waals surface area contributed by atoms with E-state index >= 15 is 0 Å². The van der Waals surface area contributed by atoms with Crippen LogP contribution in [0.2, 0.25) is 0 Å². The highest BCUT2D eigenvalue weighted by atomic mass is 16.5. The first kappa shape index (κ1) is 12.0. The molecular weight excluding hydrogens is 240 g/mol. The average molecular weight is 248 g/mol. The molecule has 92 valence electrons. The maximum atomic E-state index is 11.8. The summed E-state index contributed by atoms with van der Waals surface area (Å²) >= 11 is 0. The molecule has 0 N–H and O–H groups in total. The van der Waals surface area contributed by atoms with E-state index in [1.165, 1.54) is 25.1 Å². The molecule has 2 rings (SSSR count). The number of ether oxygens (including phenoxy) is 2. The molecule has 0 spiro atoms. The molecule has 18 heavy (non-hydrogen) atoms. The van der Waals surface area contributed by atoms with Gasteiger partial charge in [0.05, 0.1) is 0 Å². The molecule has 0 aliphatic heterocycles. The number of hydrogen-bond acceptors (Lipinski definition) is 6. The number of Topliss-reactive ketones (excluding diaryl/α,β-unsaturated/α-hetero) is 2. The lowest BCUT2D eigenvalue weighted by Crippen LogP contribution is -2.25. The third-order valence-electron chi connectivity index (χ3n) is 2.45. The number of carbonyl (C=O) groups excluding carboxylic acids is 4. The topological polar surface area (TPSA) is 86.7 Å². The highest BCUT2D eigenvalue weighted by Gasteiger charge is 2.40. The predicted molar refractivity (Wildman–Crippen MR) is 57.3 cm³/mol. The normalized spacial score (nSPS) is 17.3. The van der Waals surface area contributed by atoms with Gasteiger partial charge in [-0.1, -0.05) is 0 Å². The molecule has 6 heteroatoms. The van der Waals surface area contributed by atoms with Crippen molar-refractivity contribution in [3.8, 4) is 5.75 Å². The van der Waals surface area contributed by atoms with Crippen LogP contribution >= 0.6 is 0 Å². The second-order valence-corrected chi connectivity index (χ2v) is 3.64. The number of carbonyl (C=O) groups is 4. The molecule has 0 radical (unpaired) electrons. The number of rotatable bonds is 3. The monoisotopic (exact) mass is 248 g/mol. The molecule has 0 saturated heterocycles. The lowest BCUT2D eigenvalue weighted by Gasteiger charge is -2.02. The van der Waals surface area contributed by atoms with Crippen LogP contribution in [0.4, 0.5) is 0 Å². The van der Waals surface area contributed by atoms with Crippen LogP contribution < -0.4 is 4.74 Å². The minimum Gasteiger partial charge on any atom is -0.448 e. The fourth-order valence-corrected chi connectivity index (χ4v) is 1.75. The summed E-state index contributed by atoms with van der Waals surface area (Å²) < 4.78 is 9.25. The molecule has 1 aromatic carbocycles. The van der Waals surface area contributed by atoms with Gasteiger partial charge in [0.2, 0.25) is 17.7 Å². The van der Waals surface area contributed by atoms with Crippen LogP contribution in [-0.2, 0) is 14.3 Å². The smallest absolute Gasteiger partial charge is 0.308 e. The summed E-state index contributed by atoms with van der Waals surface area (Å²) in [6, 6.07) is 4.04. The molecule has 0 heterocycles.